The first-order valence-electron chi connectivity index (χ1n) is 6.31. The number of nitrogens with one attached hydrogen (secondary N) is 2. The van der Waals surface area contributed by atoms with Crippen molar-refractivity contribution in [3.63, 3.8) is 0 Å². The molecule has 0 aliphatic carbocycles. The van der Waals surface area contributed by atoms with Crippen LogP contribution in [0.4, 0.5) is 4.79 Å². The quantitative estimate of drug-likeness (QED) is 0.836. The summed E-state index contributed by atoms with van der Waals surface area (Å²) in [6.45, 7) is 3.60. The van der Waals surface area contributed by atoms with Crippen molar-refractivity contribution in [2.24, 2.45) is 0 Å². The number of halogens is 1. The molecule has 0 spiro atoms. The molecular weight excluding hydrogens is 294 g/mol. The number of hydrazine groups is 1. The van der Waals surface area contributed by atoms with E-state index in [9.17, 15) is 9.59 Å². The van der Waals surface area contributed by atoms with Gasteiger partial charge in [0.2, 0.25) is 0 Å². The zero-order chi connectivity index (χ0) is 15.4. The van der Waals surface area contributed by atoms with E-state index in [2.05, 4.69) is 20.6 Å². The van der Waals surface area contributed by atoms with E-state index in [4.69, 9.17) is 11.6 Å². The lowest BCUT2D eigenvalue weighted by atomic mass is 10.1. The normalized spacial score (nSPS) is 10.2. The van der Waals surface area contributed by atoms with Gasteiger partial charge in [-0.3, -0.25) is 15.2 Å². The van der Waals surface area contributed by atoms with Gasteiger partial charge in [-0.1, -0.05) is 17.7 Å². The topological polar surface area (TPSA) is 80.3 Å². The molecular formula is C14H14ClN3O3. The van der Waals surface area contributed by atoms with Gasteiger partial charge in [-0.05, 0) is 32.0 Å². The van der Waals surface area contributed by atoms with E-state index in [-0.39, 0.29) is 6.61 Å². The number of carbonyl (C=O) groups is 2. The van der Waals surface area contributed by atoms with Gasteiger partial charge in [0.25, 0.3) is 5.91 Å². The Hall–Kier alpha value is -2.34. The fourth-order valence-electron chi connectivity index (χ4n) is 1.81. The van der Waals surface area contributed by atoms with E-state index >= 15 is 0 Å². The number of nitrogens with zero attached hydrogens (tertiary/aromatic N) is 1. The number of hydrogen-bond acceptors (Lipinski definition) is 4. The molecule has 2 rings (SSSR count). The number of aromatic nitrogens is 1. The molecule has 6 nitrogen and oxygen atoms in total. The van der Waals surface area contributed by atoms with Crippen LogP contribution in [0.25, 0.3) is 10.9 Å². The molecule has 2 N–H and O–H groups in total. The molecule has 0 fully saturated rings. The number of rotatable bonds is 2. The van der Waals surface area contributed by atoms with Crippen molar-refractivity contribution in [2.75, 3.05) is 6.61 Å². The lowest BCUT2D eigenvalue weighted by Gasteiger charge is -2.09. The van der Waals surface area contributed by atoms with E-state index in [1.807, 2.05) is 0 Å². The van der Waals surface area contributed by atoms with E-state index in [0.29, 0.717) is 21.8 Å². The number of amides is 2. The Labute approximate surface area is 126 Å². The molecule has 21 heavy (non-hydrogen) atoms. The summed E-state index contributed by atoms with van der Waals surface area (Å²) in [7, 11) is 0. The van der Waals surface area contributed by atoms with Gasteiger partial charge in [0.05, 0.1) is 23.4 Å². The van der Waals surface area contributed by atoms with Crippen molar-refractivity contribution < 1.29 is 14.3 Å². The van der Waals surface area contributed by atoms with Crippen LogP contribution in [0.1, 0.15) is 23.0 Å². The highest BCUT2D eigenvalue weighted by Gasteiger charge is 2.13. The van der Waals surface area contributed by atoms with Crippen LogP contribution in [0, 0.1) is 6.92 Å². The second-order valence-electron chi connectivity index (χ2n) is 4.26. The first-order valence-corrected chi connectivity index (χ1v) is 6.69. The first kappa shape index (κ1) is 15.1. The molecule has 0 radical (unpaired) electrons. The zero-order valence-electron chi connectivity index (χ0n) is 11.6. The highest BCUT2D eigenvalue weighted by atomic mass is 35.5. The van der Waals surface area contributed by atoms with Crippen molar-refractivity contribution in [1.29, 1.82) is 0 Å². The van der Waals surface area contributed by atoms with Crippen LogP contribution in [0.3, 0.4) is 0 Å². The van der Waals surface area contributed by atoms with Crippen molar-refractivity contribution >= 4 is 34.5 Å². The minimum atomic E-state index is -0.718. The van der Waals surface area contributed by atoms with Crippen LogP contribution < -0.4 is 10.9 Å². The van der Waals surface area contributed by atoms with Crippen LogP contribution in [0.15, 0.2) is 24.3 Å². The number of hydrogen-bond donors (Lipinski definition) is 2. The maximum atomic E-state index is 12.0. The van der Waals surface area contributed by atoms with E-state index in [0.717, 1.165) is 5.39 Å². The van der Waals surface area contributed by atoms with Crippen LogP contribution in [0.2, 0.25) is 5.02 Å². The second-order valence-corrected chi connectivity index (χ2v) is 4.69. The summed E-state index contributed by atoms with van der Waals surface area (Å²) in [5.41, 5.74) is 6.03. The summed E-state index contributed by atoms with van der Waals surface area (Å²) in [5, 5.41) is 1.36. The summed E-state index contributed by atoms with van der Waals surface area (Å²) >= 11 is 5.91. The minimum Gasteiger partial charge on any atom is -0.449 e. The number of pyridine rings is 1. The van der Waals surface area contributed by atoms with E-state index in [1.165, 1.54) is 0 Å². The maximum Gasteiger partial charge on any atom is 0.426 e. The molecule has 2 aromatic rings. The molecule has 0 unspecified atom stereocenters. The molecule has 1 aromatic carbocycles. The summed E-state index contributed by atoms with van der Waals surface area (Å²) in [4.78, 5) is 27.5. The molecule has 0 aliphatic rings. The monoisotopic (exact) mass is 307 g/mol. The van der Waals surface area contributed by atoms with Gasteiger partial charge >= 0.3 is 6.09 Å². The molecule has 0 aliphatic heterocycles. The smallest absolute Gasteiger partial charge is 0.426 e. The zero-order valence-corrected chi connectivity index (χ0v) is 12.3. The summed E-state index contributed by atoms with van der Waals surface area (Å²) < 4.78 is 4.65. The minimum absolute atomic E-state index is 0.221. The van der Waals surface area contributed by atoms with Gasteiger partial charge in [0, 0.05) is 10.4 Å². The highest BCUT2D eigenvalue weighted by molar-refractivity contribution is 6.31. The third kappa shape index (κ3) is 3.61. The van der Waals surface area contributed by atoms with Crippen LogP contribution in [0.5, 0.6) is 0 Å². The molecule has 110 valence electrons. The molecule has 1 aromatic heterocycles. The number of fused-ring (bicyclic) bond motifs is 1. The van der Waals surface area contributed by atoms with Crippen LogP contribution >= 0.6 is 11.6 Å². The van der Waals surface area contributed by atoms with Crippen LogP contribution in [-0.2, 0) is 4.74 Å². The van der Waals surface area contributed by atoms with Gasteiger partial charge in [0.15, 0.2) is 0 Å². The average molecular weight is 308 g/mol. The molecule has 1 heterocycles. The third-order valence-electron chi connectivity index (χ3n) is 2.77. The Balaban J connectivity index is 2.21. The highest BCUT2D eigenvalue weighted by Crippen LogP contribution is 2.20. The largest absolute Gasteiger partial charge is 0.449 e. The Morgan fingerprint density at radius 1 is 1.29 bits per heavy atom. The first-order chi connectivity index (χ1) is 10.0. The van der Waals surface area contributed by atoms with E-state index in [1.54, 1.807) is 38.1 Å². The fraction of sp³-hybridized carbons (Fsp3) is 0.214. The van der Waals surface area contributed by atoms with Gasteiger partial charge in [-0.2, -0.15) is 0 Å². The van der Waals surface area contributed by atoms with Gasteiger partial charge in [-0.15, -0.1) is 0 Å². The predicted octanol–water partition coefficient (Wildman–Crippen LogP) is 2.59. The molecule has 0 bridgehead atoms. The number of ether oxygens (including phenoxy) is 1. The SMILES string of the molecule is CCOC(=O)NNC(=O)c1cc2ccc(Cl)cc2nc1C. The molecule has 0 atom stereocenters. The summed E-state index contributed by atoms with van der Waals surface area (Å²) in [6, 6.07) is 6.91. The van der Waals surface area contributed by atoms with Crippen molar-refractivity contribution in [3.05, 3.63) is 40.5 Å². The molecule has 0 saturated carbocycles. The standard InChI is InChI=1S/C14H14ClN3O3/c1-3-21-14(20)18-17-13(19)11-6-9-4-5-10(15)7-12(9)16-8(11)2/h4-7H,3H2,1-2H3,(H,17,19)(H,18,20). The predicted molar refractivity (Wildman–Crippen MR) is 79.1 cm³/mol. The fourth-order valence-corrected chi connectivity index (χ4v) is 1.98. The van der Waals surface area contributed by atoms with Gasteiger partial charge in [0.1, 0.15) is 0 Å². The van der Waals surface area contributed by atoms with E-state index < -0.39 is 12.0 Å². The Morgan fingerprint density at radius 3 is 2.76 bits per heavy atom. The maximum absolute atomic E-state index is 12.0. The number of aryl methyl sites for hydroxylation is 1. The van der Waals surface area contributed by atoms with Crippen LogP contribution in [-0.4, -0.2) is 23.6 Å². The molecule has 0 saturated heterocycles. The van der Waals surface area contributed by atoms with Crippen molar-refractivity contribution in [2.45, 2.75) is 13.8 Å². The molecule has 7 heteroatoms. The summed E-state index contributed by atoms with van der Waals surface area (Å²) in [6.07, 6.45) is -0.718. The van der Waals surface area contributed by atoms with Gasteiger partial charge in [-0.25, -0.2) is 10.2 Å². The third-order valence-corrected chi connectivity index (χ3v) is 3.00. The Morgan fingerprint density at radius 2 is 2.05 bits per heavy atom. The Bertz CT molecular complexity index is 703. The summed E-state index contributed by atoms with van der Waals surface area (Å²) in [5.74, 6) is -0.468. The second kappa shape index (κ2) is 6.41. The Kier molecular flexibility index (Phi) is 4.59. The lowest BCUT2D eigenvalue weighted by Crippen LogP contribution is -2.42. The lowest BCUT2D eigenvalue weighted by molar-refractivity contribution is 0.0912. The number of carbonyl (C=O) groups excluding carboxylic acids is 2. The van der Waals surface area contributed by atoms with Crippen molar-refractivity contribution in [1.82, 2.24) is 15.8 Å². The average Bonchev–Trinajstić information content (AvgIpc) is 2.44. The van der Waals surface area contributed by atoms with Crippen molar-refractivity contribution in [3.8, 4) is 0 Å². The molecule has 2 amide bonds. The number of benzene rings is 1. The van der Waals surface area contributed by atoms with Gasteiger partial charge < -0.3 is 4.74 Å².